The molecule has 0 atom stereocenters. The molecule has 0 saturated heterocycles. The lowest BCUT2D eigenvalue weighted by Crippen LogP contribution is -2.18. The van der Waals surface area contributed by atoms with Gasteiger partial charge in [-0.25, -0.2) is 0 Å². The van der Waals surface area contributed by atoms with Gasteiger partial charge in [0.05, 0.1) is 24.7 Å². The third kappa shape index (κ3) is 11.0. The van der Waals surface area contributed by atoms with Crippen molar-refractivity contribution in [2.24, 2.45) is 0 Å². The van der Waals surface area contributed by atoms with Crippen molar-refractivity contribution in [3.63, 3.8) is 0 Å². The molecule has 0 radical (unpaired) electrons. The average Bonchev–Trinajstić information content (AvgIpc) is 2.47. The number of nitrogens with one attached hydrogen (secondary N) is 1. The first-order valence-electron chi connectivity index (χ1n) is 6.56. The predicted molar refractivity (Wildman–Crippen MR) is 75.6 cm³/mol. The Morgan fingerprint density at radius 3 is 2.47 bits per heavy atom. The number of esters is 1. The van der Waals surface area contributed by atoms with E-state index in [1.165, 1.54) is 0 Å². The number of carbonyl (C=O) groups excluding carboxylic acids is 1. The van der Waals surface area contributed by atoms with Crippen LogP contribution < -0.4 is 5.32 Å². The molecule has 0 bridgehead atoms. The van der Waals surface area contributed by atoms with Gasteiger partial charge in [-0.3, -0.25) is 4.79 Å². The van der Waals surface area contributed by atoms with Crippen LogP contribution in [0.25, 0.3) is 0 Å². The van der Waals surface area contributed by atoms with Crippen LogP contribution in [0.15, 0.2) is 30.3 Å². The zero-order chi connectivity index (χ0) is 14.3. The summed E-state index contributed by atoms with van der Waals surface area (Å²) in [5.74, 6) is -0.104. The second kappa shape index (κ2) is 12.6. The second-order valence-corrected chi connectivity index (χ2v) is 3.80. The fraction of sp³-hybridized carbons (Fsp3) is 0.467. The van der Waals surface area contributed by atoms with Crippen molar-refractivity contribution in [2.45, 2.75) is 26.7 Å². The molecule has 0 amide bonds. The van der Waals surface area contributed by atoms with Gasteiger partial charge in [-0.15, -0.1) is 0 Å². The maximum Gasteiger partial charge on any atom is 0.307 e. The zero-order valence-corrected chi connectivity index (χ0v) is 11.7. The van der Waals surface area contributed by atoms with Crippen LogP contribution in [-0.4, -0.2) is 25.7 Å². The lowest BCUT2D eigenvalue weighted by Gasteiger charge is -2.02. The van der Waals surface area contributed by atoms with Crippen LogP contribution in [0.4, 0.5) is 0 Å². The van der Waals surface area contributed by atoms with E-state index >= 15 is 0 Å². The third-order valence-corrected chi connectivity index (χ3v) is 2.13. The molecule has 0 fully saturated rings. The first kappa shape index (κ1) is 17.1. The molecule has 0 saturated carbocycles. The highest BCUT2D eigenvalue weighted by atomic mass is 16.5. The van der Waals surface area contributed by atoms with Crippen LogP contribution in [0.1, 0.15) is 32.3 Å². The maximum absolute atomic E-state index is 10.8. The summed E-state index contributed by atoms with van der Waals surface area (Å²) in [5, 5.41) is 11.3. The molecular formula is C15H22N2O2. The van der Waals surface area contributed by atoms with Gasteiger partial charge in [0.2, 0.25) is 0 Å². The molecule has 4 heteroatoms. The van der Waals surface area contributed by atoms with Crippen molar-refractivity contribution >= 4 is 5.97 Å². The van der Waals surface area contributed by atoms with Gasteiger partial charge < -0.3 is 10.1 Å². The molecule has 0 spiro atoms. The summed E-state index contributed by atoms with van der Waals surface area (Å²) < 4.78 is 4.86. The zero-order valence-electron chi connectivity index (χ0n) is 11.7. The van der Waals surface area contributed by atoms with Crippen LogP contribution in [0, 0.1) is 11.3 Å². The minimum atomic E-state index is -0.104. The molecule has 19 heavy (non-hydrogen) atoms. The SMILES string of the molecule is CCCOC(=O)CCNCC.N#Cc1ccccc1. The summed E-state index contributed by atoms with van der Waals surface area (Å²) >= 11 is 0. The highest BCUT2D eigenvalue weighted by molar-refractivity contribution is 5.69. The van der Waals surface area contributed by atoms with Gasteiger partial charge in [-0.05, 0) is 25.1 Å². The van der Waals surface area contributed by atoms with Gasteiger partial charge in [0.1, 0.15) is 0 Å². The van der Waals surface area contributed by atoms with Crippen LogP contribution in [0.2, 0.25) is 0 Å². The van der Waals surface area contributed by atoms with E-state index < -0.39 is 0 Å². The smallest absolute Gasteiger partial charge is 0.307 e. The first-order valence-corrected chi connectivity index (χ1v) is 6.56. The quantitative estimate of drug-likeness (QED) is 0.632. The molecule has 0 heterocycles. The molecule has 4 nitrogen and oxygen atoms in total. The van der Waals surface area contributed by atoms with Gasteiger partial charge in [0.15, 0.2) is 0 Å². The highest BCUT2D eigenvalue weighted by Gasteiger charge is 1.99. The van der Waals surface area contributed by atoms with Crippen molar-refractivity contribution in [2.75, 3.05) is 19.7 Å². The fourth-order valence-electron chi connectivity index (χ4n) is 1.17. The Balaban J connectivity index is 0.000000356. The molecule has 0 aromatic heterocycles. The van der Waals surface area contributed by atoms with Crippen LogP contribution >= 0.6 is 0 Å². The van der Waals surface area contributed by atoms with E-state index in [4.69, 9.17) is 10.00 Å². The van der Waals surface area contributed by atoms with E-state index in [2.05, 4.69) is 5.32 Å². The number of hydrogen-bond donors (Lipinski definition) is 1. The van der Waals surface area contributed by atoms with E-state index in [1.54, 1.807) is 12.1 Å². The largest absolute Gasteiger partial charge is 0.466 e. The minimum Gasteiger partial charge on any atom is -0.466 e. The van der Waals surface area contributed by atoms with Gasteiger partial charge in [-0.2, -0.15) is 5.26 Å². The topological polar surface area (TPSA) is 62.1 Å². The van der Waals surface area contributed by atoms with E-state index in [9.17, 15) is 4.79 Å². The molecule has 104 valence electrons. The molecule has 1 N–H and O–H groups in total. The Kier molecular flexibility index (Phi) is 11.4. The van der Waals surface area contributed by atoms with Crippen molar-refractivity contribution in [1.82, 2.24) is 5.32 Å². The summed E-state index contributed by atoms with van der Waals surface area (Å²) in [7, 11) is 0. The fourth-order valence-corrected chi connectivity index (χ4v) is 1.17. The molecule has 0 aliphatic carbocycles. The Morgan fingerprint density at radius 1 is 1.32 bits per heavy atom. The summed E-state index contributed by atoms with van der Waals surface area (Å²) in [6.45, 7) is 6.17. The normalized spacial score (nSPS) is 8.89. The summed E-state index contributed by atoms with van der Waals surface area (Å²) in [5.41, 5.74) is 0.715. The summed E-state index contributed by atoms with van der Waals surface area (Å²) in [4.78, 5) is 10.8. The van der Waals surface area contributed by atoms with Gasteiger partial charge in [0.25, 0.3) is 0 Å². The van der Waals surface area contributed by atoms with Gasteiger partial charge >= 0.3 is 5.97 Å². The highest BCUT2D eigenvalue weighted by Crippen LogP contribution is 1.93. The number of nitriles is 1. The standard InChI is InChI=1S/C8H17NO2.C7H5N/c1-3-7-11-8(10)5-6-9-4-2;8-6-7-4-2-1-3-5-7/h9H,3-7H2,1-2H3;1-5H. The van der Waals surface area contributed by atoms with Crippen LogP contribution in [-0.2, 0) is 9.53 Å². The lowest BCUT2D eigenvalue weighted by molar-refractivity contribution is -0.143. The van der Waals surface area contributed by atoms with Gasteiger partial charge in [0, 0.05) is 6.54 Å². The Morgan fingerprint density at radius 2 is 2.00 bits per heavy atom. The Labute approximate surface area is 115 Å². The number of ether oxygens (including phenoxy) is 1. The van der Waals surface area contributed by atoms with E-state index in [0.717, 1.165) is 19.5 Å². The second-order valence-electron chi connectivity index (χ2n) is 3.80. The number of benzene rings is 1. The number of hydrogen-bond acceptors (Lipinski definition) is 4. The Hall–Kier alpha value is -1.86. The molecule has 1 aromatic carbocycles. The van der Waals surface area contributed by atoms with Crippen molar-refractivity contribution in [3.05, 3.63) is 35.9 Å². The van der Waals surface area contributed by atoms with Crippen molar-refractivity contribution in [3.8, 4) is 6.07 Å². The molecule has 0 unspecified atom stereocenters. The molecule has 0 aliphatic rings. The van der Waals surface area contributed by atoms with E-state index in [0.29, 0.717) is 18.6 Å². The number of nitrogens with zero attached hydrogens (tertiary/aromatic N) is 1. The van der Waals surface area contributed by atoms with Crippen LogP contribution in [0.3, 0.4) is 0 Å². The molecule has 1 aromatic rings. The molecular weight excluding hydrogens is 240 g/mol. The summed E-state index contributed by atoms with van der Waals surface area (Å²) in [6, 6.07) is 11.2. The monoisotopic (exact) mass is 262 g/mol. The van der Waals surface area contributed by atoms with E-state index in [-0.39, 0.29) is 5.97 Å². The average molecular weight is 262 g/mol. The van der Waals surface area contributed by atoms with Gasteiger partial charge in [-0.1, -0.05) is 32.0 Å². The maximum atomic E-state index is 10.8. The van der Waals surface area contributed by atoms with Crippen molar-refractivity contribution < 1.29 is 9.53 Å². The minimum absolute atomic E-state index is 0.104. The van der Waals surface area contributed by atoms with Crippen LogP contribution in [0.5, 0.6) is 0 Å². The third-order valence-electron chi connectivity index (χ3n) is 2.13. The molecule has 0 aliphatic heterocycles. The van der Waals surface area contributed by atoms with E-state index in [1.807, 2.05) is 38.1 Å². The number of carbonyl (C=O) groups is 1. The summed E-state index contributed by atoms with van der Waals surface area (Å²) in [6.07, 6.45) is 1.38. The molecule has 1 rings (SSSR count). The number of rotatable bonds is 6. The lowest BCUT2D eigenvalue weighted by atomic mass is 10.2. The Bertz CT molecular complexity index is 371. The first-order chi connectivity index (χ1) is 9.24. The predicted octanol–water partition coefficient (Wildman–Crippen LogP) is 2.50. The van der Waals surface area contributed by atoms with Crippen molar-refractivity contribution in [1.29, 1.82) is 5.26 Å².